The van der Waals surface area contributed by atoms with E-state index in [1.54, 1.807) is 6.92 Å². The molecule has 0 saturated carbocycles. The van der Waals surface area contributed by atoms with Crippen LogP contribution < -0.4 is 0 Å². The van der Waals surface area contributed by atoms with Crippen molar-refractivity contribution in [1.29, 1.82) is 10.5 Å². The lowest BCUT2D eigenvalue weighted by atomic mass is 10.2. The number of unbranched alkanes of at least 4 members (excludes halogenated alkanes) is 2. The number of hydrogen-bond donors (Lipinski definition) is 0. The Bertz CT molecular complexity index is 166. The van der Waals surface area contributed by atoms with E-state index in [1.165, 1.54) is 0 Å². The molecule has 0 aliphatic rings. The van der Waals surface area contributed by atoms with Crippen molar-refractivity contribution in [2.24, 2.45) is 0 Å². The topological polar surface area (TPSA) is 56.8 Å². The van der Waals surface area contributed by atoms with Crippen molar-refractivity contribution >= 4 is 0 Å². The minimum Gasteiger partial charge on any atom is -0.364 e. The Labute approximate surface area is 67.2 Å². The lowest BCUT2D eigenvalue weighted by Crippen LogP contribution is -2.05. The lowest BCUT2D eigenvalue weighted by Gasteiger charge is -2.02. The van der Waals surface area contributed by atoms with Gasteiger partial charge in [-0.1, -0.05) is 0 Å². The van der Waals surface area contributed by atoms with Gasteiger partial charge in [-0.3, -0.25) is 0 Å². The fourth-order valence-electron chi connectivity index (χ4n) is 0.603. The molecule has 0 heterocycles. The quantitative estimate of drug-likeness (QED) is 0.562. The zero-order chi connectivity index (χ0) is 8.53. The Morgan fingerprint density at radius 3 is 2.64 bits per heavy atom. The predicted octanol–water partition coefficient (Wildman–Crippen LogP) is 1.61. The third-order valence-electron chi connectivity index (χ3n) is 1.23. The number of rotatable bonds is 5. The number of ether oxygens (including phenoxy) is 1. The van der Waals surface area contributed by atoms with Crippen LogP contribution in [0, 0.1) is 22.7 Å². The van der Waals surface area contributed by atoms with Gasteiger partial charge in [0.05, 0.1) is 12.1 Å². The molecule has 0 radical (unpaired) electrons. The van der Waals surface area contributed by atoms with Crippen LogP contribution in [0.4, 0.5) is 0 Å². The Balaban J connectivity index is 3.04. The van der Waals surface area contributed by atoms with E-state index < -0.39 is 0 Å². The summed E-state index contributed by atoms with van der Waals surface area (Å²) in [6, 6.07) is 4.02. The van der Waals surface area contributed by atoms with Crippen LogP contribution in [-0.2, 0) is 4.74 Å². The third-order valence-corrected chi connectivity index (χ3v) is 1.23. The molecule has 0 aliphatic carbocycles. The van der Waals surface area contributed by atoms with E-state index in [2.05, 4.69) is 0 Å². The molecule has 1 unspecified atom stereocenters. The van der Waals surface area contributed by atoms with Crippen LogP contribution in [-0.4, -0.2) is 12.7 Å². The van der Waals surface area contributed by atoms with Crippen LogP contribution in [0.5, 0.6) is 0 Å². The minimum absolute atomic E-state index is 0.322. The standard InChI is InChI=1S/C8H12N2O/c1-8(7-10)11-6-4-2-3-5-9/h8H,2-4,6H2,1H3. The molecule has 0 aromatic carbocycles. The fourth-order valence-corrected chi connectivity index (χ4v) is 0.603. The van der Waals surface area contributed by atoms with Gasteiger partial charge in [0.25, 0.3) is 0 Å². The molecule has 3 heteroatoms. The van der Waals surface area contributed by atoms with Gasteiger partial charge in [-0.15, -0.1) is 0 Å². The van der Waals surface area contributed by atoms with Gasteiger partial charge in [0.15, 0.2) is 0 Å². The molecule has 0 amide bonds. The van der Waals surface area contributed by atoms with E-state index >= 15 is 0 Å². The monoisotopic (exact) mass is 152 g/mol. The Kier molecular flexibility index (Phi) is 6.37. The van der Waals surface area contributed by atoms with Crippen LogP contribution in [0.25, 0.3) is 0 Å². The summed E-state index contributed by atoms with van der Waals surface area (Å²) in [6.45, 7) is 2.29. The summed E-state index contributed by atoms with van der Waals surface area (Å²) in [6.07, 6.45) is 1.97. The van der Waals surface area contributed by atoms with Crippen LogP contribution >= 0.6 is 0 Å². The molecule has 0 aliphatic heterocycles. The summed E-state index contributed by atoms with van der Waals surface area (Å²) in [7, 11) is 0. The van der Waals surface area contributed by atoms with Crippen LogP contribution in [0.3, 0.4) is 0 Å². The first kappa shape index (κ1) is 9.94. The van der Waals surface area contributed by atoms with E-state index in [1.807, 2.05) is 12.1 Å². The maximum Gasteiger partial charge on any atom is 0.141 e. The highest BCUT2D eigenvalue weighted by Gasteiger charge is 1.96. The molecule has 0 spiro atoms. The van der Waals surface area contributed by atoms with Crippen molar-refractivity contribution in [2.75, 3.05) is 6.61 Å². The molecule has 0 aromatic heterocycles. The Hall–Kier alpha value is -1.06. The van der Waals surface area contributed by atoms with Crippen molar-refractivity contribution in [2.45, 2.75) is 32.3 Å². The van der Waals surface area contributed by atoms with Gasteiger partial charge in [0.1, 0.15) is 6.10 Å². The maximum atomic E-state index is 8.31. The molecule has 0 fully saturated rings. The predicted molar refractivity (Wildman–Crippen MR) is 40.5 cm³/mol. The SMILES string of the molecule is CC(C#N)OCCCCC#N. The summed E-state index contributed by atoms with van der Waals surface area (Å²) in [5.41, 5.74) is 0. The van der Waals surface area contributed by atoms with E-state index in [0.717, 1.165) is 12.8 Å². The molecule has 60 valence electrons. The summed E-state index contributed by atoms with van der Waals surface area (Å²) in [5.74, 6) is 0. The van der Waals surface area contributed by atoms with E-state index in [-0.39, 0.29) is 6.10 Å². The van der Waals surface area contributed by atoms with Gasteiger partial charge < -0.3 is 4.74 Å². The zero-order valence-electron chi connectivity index (χ0n) is 6.71. The highest BCUT2D eigenvalue weighted by atomic mass is 16.5. The van der Waals surface area contributed by atoms with Gasteiger partial charge >= 0.3 is 0 Å². The molecule has 0 saturated heterocycles. The van der Waals surface area contributed by atoms with Gasteiger partial charge in [-0.05, 0) is 19.8 Å². The smallest absolute Gasteiger partial charge is 0.141 e. The first-order valence-electron chi connectivity index (χ1n) is 3.69. The van der Waals surface area contributed by atoms with Crippen LogP contribution in [0.15, 0.2) is 0 Å². The highest BCUT2D eigenvalue weighted by Crippen LogP contribution is 1.96. The average Bonchev–Trinajstić information content (AvgIpc) is 2.04. The minimum atomic E-state index is -0.322. The van der Waals surface area contributed by atoms with Gasteiger partial charge in [0.2, 0.25) is 0 Å². The van der Waals surface area contributed by atoms with Crippen molar-refractivity contribution in [1.82, 2.24) is 0 Å². The van der Waals surface area contributed by atoms with Gasteiger partial charge in [-0.2, -0.15) is 10.5 Å². The number of nitrogens with zero attached hydrogens (tertiary/aromatic N) is 2. The zero-order valence-corrected chi connectivity index (χ0v) is 6.71. The molecular formula is C8H12N2O. The van der Waals surface area contributed by atoms with E-state index in [0.29, 0.717) is 13.0 Å². The van der Waals surface area contributed by atoms with Crippen molar-refractivity contribution in [3.63, 3.8) is 0 Å². The molecule has 0 bridgehead atoms. The van der Waals surface area contributed by atoms with Crippen LogP contribution in [0.2, 0.25) is 0 Å². The lowest BCUT2D eigenvalue weighted by molar-refractivity contribution is 0.0991. The van der Waals surface area contributed by atoms with Crippen molar-refractivity contribution in [3.05, 3.63) is 0 Å². The third kappa shape index (κ3) is 6.83. The largest absolute Gasteiger partial charge is 0.364 e. The molecule has 0 N–H and O–H groups in total. The molecule has 1 atom stereocenters. The normalized spacial score (nSPS) is 11.5. The summed E-state index contributed by atoms with van der Waals surface area (Å²) < 4.78 is 5.07. The van der Waals surface area contributed by atoms with Crippen molar-refractivity contribution < 1.29 is 4.74 Å². The number of nitriles is 2. The average molecular weight is 152 g/mol. The van der Waals surface area contributed by atoms with E-state index in [9.17, 15) is 0 Å². The Morgan fingerprint density at radius 1 is 1.36 bits per heavy atom. The Morgan fingerprint density at radius 2 is 2.09 bits per heavy atom. The van der Waals surface area contributed by atoms with Crippen LogP contribution in [0.1, 0.15) is 26.2 Å². The molecule has 3 nitrogen and oxygen atoms in total. The summed E-state index contributed by atoms with van der Waals surface area (Å²) >= 11 is 0. The second kappa shape index (κ2) is 7.05. The first-order valence-corrected chi connectivity index (χ1v) is 3.69. The molecule has 0 aromatic rings. The van der Waals surface area contributed by atoms with Gasteiger partial charge in [-0.25, -0.2) is 0 Å². The number of hydrogen-bond acceptors (Lipinski definition) is 3. The highest BCUT2D eigenvalue weighted by molar-refractivity contribution is 4.78. The summed E-state index contributed by atoms with van der Waals surface area (Å²) in [4.78, 5) is 0. The summed E-state index contributed by atoms with van der Waals surface area (Å²) in [5, 5.41) is 16.5. The molecule has 11 heavy (non-hydrogen) atoms. The maximum absolute atomic E-state index is 8.31. The second-order valence-electron chi connectivity index (χ2n) is 2.26. The molecular weight excluding hydrogens is 140 g/mol. The molecule has 0 rings (SSSR count). The first-order chi connectivity index (χ1) is 5.31. The van der Waals surface area contributed by atoms with Gasteiger partial charge in [0, 0.05) is 13.0 Å². The van der Waals surface area contributed by atoms with E-state index in [4.69, 9.17) is 15.3 Å². The second-order valence-corrected chi connectivity index (χ2v) is 2.26. The van der Waals surface area contributed by atoms with Crippen molar-refractivity contribution in [3.8, 4) is 12.1 Å². The fraction of sp³-hybridized carbons (Fsp3) is 0.750.